The maximum absolute atomic E-state index is 12.9. The van der Waals surface area contributed by atoms with Crippen molar-refractivity contribution in [3.63, 3.8) is 0 Å². The molecule has 3 aromatic heterocycles. The number of aromatic nitrogens is 5. The molecule has 1 amide bonds. The maximum atomic E-state index is 12.9. The summed E-state index contributed by atoms with van der Waals surface area (Å²) in [6, 6.07) is 4.18. The Morgan fingerprint density at radius 2 is 1.94 bits per heavy atom. The van der Waals surface area contributed by atoms with E-state index < -0.39 is 0 Å². The average molecular weight is 440 g/mol. The molecular formula is C22H26ClN7O. The molecule has 1 aliphatic heterocycles. The van der Waals surface area contributed by atoms with Crippen molar-refractivity contribution in [2.75, 3.05) is 18.4 Å². The predicted molar refractivity (Wildman–Crippen MR) is 120 cm³/mol. The minimum absolute atomic E-state index is 0.122. The minimum Gasteiger partial charge on any atom is -0.352 e. The lowest BCUT2D eigenvalue weighted by molar-refractivity contribution is 0.0705. The smallest absolute Gasteiger partial charge is 0.275 e. The van der Waals surface area contributed by atoms with Gasteiger partial charge in [-0.25, -0.2) is 9.97 Å². The highest BCUT2D eigenvalue weighted by Crippen LogP contribution is 2.34. The van der Waals surface area contributed by atoms with Crippen molar-refractivity contribution in [1.29, 1.82) is 0 Å². The Morgan fingerprint density at radius 1 is 1.23 bits per heavy atom. The number of likely N-dealkylation sites (tertiary alicyclic amines) is 1. The van der Waals surface area contributed by atoms with Gasteiger partial charge >= 0.3 is 0 Å². The summed E-state index contributed by atoms with van der Waals surface area (Å²) < 4.78 is 1.56. The van der Waals surface area contributed by atoms with Gasteiger partial charge < -0.3 is 10.2 Å². The van der Waals surface area contributed by atoms with E-state index in [1.807, 2.05) is 23.2 Å². The van der Waals surface area contributed by atoms with E-state index in [1.54, 1.807) is 30.3 Å². The second kappa shape index (κ2) is 9.01. The number of rotatable bonds is 5. The lowest BCUT2D eigenvalue weighted by atomic mass is 9.89. The topological polar surface area (TPSA) is 88.8 Å². The van der Waals surface area contributed by atoms with Crippen LogP contribution in [-0.4, -0.2) is 54.7 Å². The van der Waals surface area contributed by atoms with Gasteiger partial charge in [-0.05, 0) is 44.4 Å². The summed E-state index contributed by atoms with van der Waals surface area (Å²) in [5.41, 5.74) is 3.37. The summed E-state index contributed by atoms with van der Waals surface area (Å²) in [5.74, 6) is 0.729. The molecule has 162 valence electrons. The molecule has 8 nitrogen and oxygen atoms in total. The third-order valence-corrected chi connectivity index (χ3v) is 5.66. The zero-order chi connectivity index (χ0) is 22.0. The molecule has 4 rings (SSSR count). The molecule has 1 saturated heterocycles. The molecule has 0 bridgehead atoms. The van der Waals surface area contributed by atoms with E-state index in [1.165, 1.54) is 0 Å². The Kier molecular flexibility index (Phi) is 6.18. The highest BCUT2D eigenvalue weighted by Gasteiger charge is 2.29. The van der Waals surface area contributed by atoms with Crippen molar-refractivity contribution in [2.45, 2.75) is 38.6 Å². The van der Waals surface area contributed by atoms with Crippen LogP contribution >= 0.6 is 11.6 Å². The van der Waals surface area contributed by atoms with Crippen LogP contribution in [0.5, 0.6) is 0 Å². The highest BCUT2D eigenvalue weighted by atomic mass is 35.5. The third-order valence-electron chi connectivity index (χ3n) is 5.38. The van der Waals surface area contributed by atoms with Crippen molar-refractivity contribution in [3.8, 4) is 11.1 Å². The van der Waals surface area contributed by atoms with E-state index in [9.17, 15) is 4.79 Å². The fourth-order valence-electron chi connectivity index (χ4n) is 3.90. The molecule has 9 heteroatoms. The van der Waals surface area contributed by atoms with E-state index in [-0.39, 0.29) is 17.9 Å². The Bertz CT molecular complexity index is 1060. The number of aryl methyl sites for hydroxylation is 1. The number of amides is 1. The number of hydrogen-bond donors (Lipinski definition) is 1. The Morgan fingerprint density at radius 3 is 2.55 bits per heavy atom. The van der Waals surface area contributed by atoms with Crippen LogP contribution in [0.4, 0.5) is 5.95 Å². The average Bonchev–Trinajstić information content (AvgIpc) is 3.11. The van der Waals surface area contributed by atoms with Gasteiger partial charge in [0.25, 0.3) is 5.91 Å². The van der Waals surface area contributed by atoms with Gasteiger partial charge in [0.15, 0.2) is 5.69 Å². The van der Waals surface area contributed by atoms with Crippen molar-refractivity contribution in [2.24, 2.45) is 7.05 Å². The van der Waals surface area contributed by atoms with Crippen molar-refractivity contribution >= 4 is 23.5 Å². The van der Waals surface area contributed by atoms with Crippen LogP contribution in [0.3, 0.4) is 0 Å². The van der Waals surface area contributed by atoms with Crippen LogP contribution in [0.1, 0.15) is 48.8 Å². The molecule has 0 aliphatic carbocycles. The molecule has 31 heavy (non-hydrogen) atoms. The normalized spacial score (nSPS) is 14.8. The number of hydrogen-bond acceptors (Lipinski definition) is 6. The molecule has 1 N–H and O–H groups in total. The van der Waals surface area contributed by atoms with Gasteiger partial charge in [-0.1, -0.05) is 11.6 Å². The minimum atomic E-state index is -0.122. The first-order valence-corrected chi connectivity index (χ1v) is 10.8. The molecule has 1 aliphatic rings. The number of nitrogens with zero attached hydrogens (tertiary/aromatic N) is 6. The SMILES string of the molecule is CC(C)Nc1ncc(-c2ccncc2)c(C2CCN(C(=O)c3nn(C)cc3Cl)CC2)n1. The van der Waals surface area contributed by atoms with Gasteiger partial charge in [0, 0.05) is 62.4 Å². The molecule has 0 spiro atoms. The standard InChI is InChI=1S/C22H26ClN7O/c1-14(2)26-22-25-12-17(15-4-8-24-9-5-15)19(27-22)16-6-10-30(11-7-16)21(31)20-18(23)13-29(3)28-20/h4-5,8-9,12-14,16H,6-7,10-11H2,1-3H3,(H,25,26,27). The van der Waals surface area contributed by atoms with Crippen molar-refractivity contribution < 1.29 is 4.79 Å². The summed E-state index contributed by atoms with van der Waals surface area (Å²) >= 11 is 6.17. The number of carbonyl (C=O) groups excluding carboxylic acids is 1. The van der Waals surface area contributed by atoms with Crippen LogP contribution < -0.4 is 5.32 Å². The Labute approximate surface area is 186 Å². The van der Waals surface area contributed by atoms with Gasteiger partial charge in [-0.3, -0.25) is 14.5 Å². The lowest BCUT2D eigenvalue weighted by Gasteiger charge is -2.32. The van der Waals surface area contributed by atoms with Crippen LogP contribution in [0.15, 0.2) is 36.9 Å². The van der Waals surface area contributed by atoms with Gasteiger partial charge in [0.05, 0.1) is 10.7 Å². The molecule has 1 fully saturated rings. The quantitative estimate of drug-likeness (QED) is 0.651. The van der Waals surface area contributed by atoms with Gasteiger partial charge in [-0.2, -0.15) is 5.10 Å². The van der Waals surface area contributed by atoms with Crippen LogP contribution in [0, 0.1) is 0 Å². The first-order chi connectivity index (χ1) is 14.9. The summed E-state index contributed by atoms with van der Waals surface area (Å²) in [7, 11) is 1.76. The molecule has 0 aromatic carbocycles. The molecule has 0 radical (unpaired) electrons. The van der Waals surface area contributed by atoms with Gasteiger partial charge in [-0.15, -0.1) is 0 Å². The fraction of sp³-hybridized carbons (Fsp3) is 0.409. The Hall–Kier alpha value is -3.00. The summed E-state index contributed by atoms with van der Waals surface area (Å²) in [5, 5.41) is 7.89. The molecule has 0 atom stereocenters. The van der Waals surface area contributed by atoms with E-state index in [0.29, 0.717) is 29.8 Å². The van der Waals surface area contributed by atoms with Crippen molar-refractivity contribution in [1.82, 2.24) is 29.6 Å². The van der Waals surface area contributed by atoms with E-state index in [2.05, 4.69) is 34.2 Å². The number of carbonyl (C=O) groups is 1. The zero-order valence-corrected chi connectivity index (χ0v) is 18.7. The Balaban J connectivity index is 1.56. The zero-order valence-electron chi connectivity index (χ0n) is 17.9. The summed E-state index contributed by atoms with van der Waals surface area (Å²) in [6.45, 7) is 5.38. The van der Waals surface area contributed by atoms with E-state index in [4.69, 9.17) is 16.6 Å². The second-order valence-electron chi connectivity index (χ2n) is 8.09. The maximum Gasteiger partial charge on any atom is 0.275 e. The summed E-state index contributed by atoms with van der Waals surface area (Å²) in [6.07, 6.45) is 8.70. The van der Waals surface area contributed by atoms with Crippen molar-refractivity contribution in [3.05, 3.63) is 53.3 Å². The van der Waals surface area contributed by atoms with E-state index >= 15 is 0 Å². The number of anilines is 1. The molecule has 3 aromatic rings. The van der Waals surface area contributed by atoms with Gasteiger partial charge in [0.1, 0.15) is 0 Å². The third kappa shape index (κ3) is 4.69. The van der Waals surface area contributed by atoms with Crippen LogP contribution in [0.25, 0.3) is 11.1 Å². The largest absolute Gasteiger partial charge is 0.352 e. The highest BCUT2D eigenvalue weighted by molar-refractivity contribution is 6.33. The molecule has 0 saturated carbocycles. The summed E-state index contributed by atoms with van der Waals surface area (Å²) in [4.78, 5) is 28.2. The fourth-order valence-corrected chi connectivity index (χ4v) is 4.16. The predicted octanol–water partition coefficient (Wildman–Crippen LogP) is 3.77. The van der Waals surface area contributed by atoms with Gasteiger partial charge in [0.2, 0.25) is 5.95 Å². The second-order valence-corrected chi connectivity index (χ2v) is 8.50. The lowest BCUT2D eigenvalue weighted by Crippen LogP contribution is -2.38. The molecule has 4 heterocycles. The molecule has 0 unspecified atom stereocenters. The van der Waals surface area contributed by atoms with Crippen LogP contribution in [0.2, 0.25) is 5.02 Å². The van der Waals surface area contributed by atoms with Crippen LogP contribution in [-0.2, 0) is 7.05 Å². The number of halogens is 1. The number of pyridine rings is 1. The molecular weight excluding hydrogens is 414 g/mol. The first kappa shape index (κ1) is 21.2. The monoisotopic (exact) mass is 439 g/mol. The van der Waals surface area contributed by atoms with E-state index in [0.717, 1.165) is 29.7 Å². The first-order valence-electron chi connectivity index (χ1n) is 10.4. The number of piperidine rings is 1. The number of nitrogens with one attached hydrogen (secondary N) is 1.